The molecule has 0 bridgehead atoms. The molecule has 0 saturated heterocycles. The van der Waals surface area contributed by atoms with Crippen LogP contribution >= 0.6 is 24.2 Å². The molecule has 1 amide bonds. The van der Waals surface area contributed by atoms with Gasteiger partial charge in [-0.15, -0.1) is 24.2 Å². The SMILES string of the molecule is COCCNCC(=O)Nc1ccccc1SC(C)C.Cl. The van der Waals surface area contributed by atoms with E-state index < -0.39 is 0 Å². The van der Waals surface area contributed by atoms with E-state index in [0.717, 1.165) is 10.6 Å². The fourth-order valence-corrected chi connectivity index (χ4v) is 2.41. The Bertz CT molecular complexity index is 403. The number of ether oxygens (including phenoxy) is 1. The summed E-state index contributed by atoms with van der Waals surface area (Å²) in [5.74, 6) is -0.0343. The number of hydrogen-bond donors (Lipinski definition) is 2. The molecule has 0 aliphatic heterocycles. The van der Waals surface area contributed by atoms with Crippen LogP contribution in [0.1, 0.15) is 13.8 Å². The second-order valence-electron chi connectivity index (χ2n) is 4.38. The summed E-state index contributed by atoms with van der Waals surface area (Å²) in [4.78, 5) is 12.9. The maximum absolute atomic E-state index is 11.8. The Morgan fingerprint density at radius 3 is 2.70 bits per heavy atom. The van der Waals surface area contributed by atoms with Crippen LogP contribution in [-0.4, -0.2) is 38.0 Å². The first-order valence-electron chi connectivity index (χ1n) is 6.38. The third-order valence-electron chi connectivity index (χ3n) is 2.29. The highest BCUT2D eigenvalue weighted by Gasteiger charge is 2.07. The molecule has 0 aliphatic carbocycles. The zero-order chi connectivity index (χ0) is 14.1. The van der Waals surface area contributed by atoms with Gasteiger partial charge in [-0.05, 0) is 12.1 Å². The zero-order valence-corrected chi connectivity index (χ0v) is 13.8. The van der Waals surface area contributed by atoms with Gasteiger partial charge in [-0.3, -0.25) is 4.79 Å². The lowest BCUT2D eigenvalue weighted by Gasteiger charge is -2.12. The highest BCUT2D eigenvalue weighted by molar-refractivity contribution is 8.00. The predicted molar refractivity (Wildman–Crippen MR) is 88.1 cm³/mol. The molecule has 0 unspecified atom stereocenters. The summed E-state index contributed by atoms with van der Waals surface area (Å²) in [6, 6.07) is 7.87. The minimum absolute atomic E-state index is 0. The van der Waals surface area contributed by atoms with Crippen molar-refractivity contribution >= 4 is 35.8 Å². The van der Waals surface area contributed by atoms with Crippen molar-refractivity contribution in [2.24, 2.45) is 0 Å². The lowest BCUT2D eigenvalue weighted by Crippen LogP contribution is -2.30. The van der Waals surface area contributed by atoms with Crippen molar-refractivity contribution in [3.63, 3.8) is 0 Å². The number of hydrogen-bond acceptors (Lipinski definition) is 4. The van der Waals surface area contributed by atoms with Gasteiger partial charge in [0.05, 0.1) is 18.8 Å². The first kappa shape index (κ1) is 19.2. The molecule has 1 aromatic rings. The fraction of sp³-hybridized carbons (Fsp3) is 0.500. The van der Waals surface area contributed by atoms with E-state index in [2.05, 4.69) is 24.5 Å². The molecule has 0 atom stereocenters. The van der Waals surface area contributed by atoms with Crippen LogP contribution in [0.15, 0.2) is 29.2 Å². The second kappa shape index (κ2) is 11.0. The van der Waals surface area contributed by atoms with E-state index in [1.54, 1.807) is 18.9 Å². The summed E-state index contributed by atoms with van der Waals surface area (Å²) < 4.78 is 4.91. The van der Waals surface area contributed by atoms with Crippen molar-refractivity contribution in [3.05, 3.63) is 24.3 Å². The number of amides is 1. The second-order valence-corrected chi connectivity index (χ2v) is 6.00. The van der Waals surface area contributed by atoms with Crippen LogP contribution in [-0.2, 0) is 9.53 Å². The number of thioether (sulfide) groups is 1. The van der Waals surface area contributed by atoms with Crippen LogP contribution in [0.4, 0.5) is 5.69 Å². The third-order valence-corrected chi connectivity index (χ3v) is 3.37. The van der Waals surface area contributed by atoms with Gasteiger partial charge in [0.1, 0.15) is 0 Å². The average molecular weight is 319 g/mol. The minimum atomic E-state index is -0.0343. The van der Waals surface area contributed by atoms with Gasteiger partial charge >= 0.3 is 0 Å². The summed E-state index contributed by atoms with van der Waals surface area (Å²) in [7, 11) is 1.64. The fourth-order valence-electron chi connectivity index (χ4n) is 1.50. The number of benzene rings is 1. The molecule has 4 nitrogen and oxygen atoms in total. The van der Waals surface area contributed by atoms with Gasteiger partial charge in [0.2, 0.25) is 5.91 Å². The quantitative estimate of drug-likeness (QED) is 0.571. The standard InChI is InChI=1S/C14H22N2O2S.ClH/c1-11(2)19-13-7-5-4-6-12(13)16-14(17)10-15-8-9-18-3;/h4-7,11,15H,8-10H2,1-3H3,(H,16,17);1H. The highest BCUT2D eigenvalue weighted by atomic mass is 35.5. The van der Waals surface area contributed by atoms with Crippen LogP contribution in [0.2, 0.25) is 0 Å². The number of anilines is 1. The number of para-hydroxylation sites is 1. The highest BCUT2D eigenvalue weighted by Crippen LogP contribution is 2.29. The summed E-state index contributed by atoms with van der Waals surface area (Å²) in [6.07, 6.45) is 0. The third kappa shape index (κ3) is 7.75. The molecule has 0 aliphatic rings. The largest absolute Gasteiger partial charge is 0.383 e. The van der Waals surface area contributed by atoms with Crippen LogP contribution in [0, 0.1) is 0 Å². The molecule has 6 heteroatoms. The Morgan fingerprint density at radius 2 is 2.05 bits per heavy atom. The number of carbonyl (C=O) groups is 1. The monoisotopic (exact) mass is 318 g/mol. The van der Waals surface area contributed by atoms with Gasteiger partial charge in [-0.1, -0.05) is 26.0 Å². The van der Waals surface area contributed by atoms with Crippen molar-refractivity contribution in [1.82, 2.24) is 5.32 Å². The van der Waals surface area contributed by atoms with Crippen LogP contribution in [0.5, 0.6) is 0 Å². The molecule has 0 fully saturated rings. The lowest BCUT2D eigenvalue weighted by molar-refractivity contribution is -0.115. The van der Waals surface area contributed by atoms with Crippen molar-refractivity contribution in [2.45, 2.75) is 24.0 Å². The van der Waals surface area contributed by atoms with Gasteiger partial charge in [-0.25, -0.2) is 0 Å². The number of carbonyl (C=O) groups excluding carboxylic acids is 1. The number of halogens is 1. The molecular formula is C14H23ClN2O2S. The van der Waals surface area contributed by atoms with Gasteiger partial charge in [0.25, 0.3) is 0 Å². The lowest BCUT2D eigenvalue weighted by atomic mass is 10.3. The van der Waals surface area contributed by atoms with E-state index in [9.17, 15) is 4.79 Å². The van der Waals surface area contributed by atoms with E-state index in [-0.39, 0.29) is 18.3 Å². The Hall–Kier alpha value is -0.750. The van der Waals surface area contributed by atoms with Crippen molar-refractivity contribution in [1.29, 1.82) is 0 Å². The first-order chi connectivity index (χ1) is 9.13. The molecule has 1 rings (SSSR count). The van der Waals surface area contributed by atoms with Crippen molar-refractivity contribution in [3.8, 4) is 0 Å². The van der Waals surface area contributed by atoms with E-state index in [0.29, 0.717) is 24.9 Å². The molecule has 20 heavy (non-hydrogen) atoms. The molecular weight excluding hydrogens is 296 g/mol. The Balaban J connectivity index is 0.00000361. The minimum Gasteiger partial charge on any atom is -0.383 e. The maximum atomic E-state index is 11.8. The molecule has 0 spiro atoms. The van der Waals surface area contributed by atoms with Crippen LogP contribution in [0.25, 0.3) is 0 Å². The maximum Gasteiger partial charge on any atom is 0.238 e. The molecule has 0 aromatic heterocycles. The van der Waals surface area contributed by atoms with E-state index in [1.165, 1.54) is 0 Å². The predicted octanol–water partition coefficient (Wildman–Crippen LogP) is 2.78. The topological polar surface area (TPSA) is 50.4 Å². The molecule has 0 radical (unpaired) electrons. The van der Waals surface area contributed by atoms with Gasteiger partial charge < -0.3 is 15.4 Å². The molecule has 2 N–H and O–H groups in total. The zero-order valence-electron chi connectivity index (χ0n) is 12.1. The molecule has 0 saturated carbocycles. The van der Waals surface area contributed by atoms with Gasteiger partial charge in [0.15, 0.2) is 0 Å². The molecule has 1 aromatic carbocycles. The summed E-state index contributed by atoms with van der Waals surface area (Å²) in [5, 5.41) is 6.44. The van der Waals surface area contributed by atoms with E-state index >= 15 is 0 Å². The normalized spacial score (nSPS) is 10.2. The van der Waals surface area contributed by atoms with Crippen LogP contribution < -0.4 is 10.6 Å². The molecule has 0 heterocycles. The average Bonchev–Trinajstić information content (AvgIpc) is 2.36. The Labute approximate surface area is 131 Å². The summed E-state index contributed by atoms with van der Waals surface area (Å²) >= 11 is 1.74. The van der Waals surface area contributed by atoms with Gasteiger partial charge in [0, 0.05) is 23.8 Å². The molecule has 114 valence electrons. The number of nitrogens with one attached hydrogen (secondary N) is 2. The summed E-state index contributed by atoms with van der Waals surface area (Å²) in [6.45, 7) is 5.84. The Kier molecular flexibility index (Phi) is 10.6. The Morgan fingerprint density at radius 1 is 1.35 bits per heavy atom. The van der Waals surface area contributed by atoms with E-state index in [4.69, 9.17) is 4.74 Å². The summed E-state index contributed by atoms with van der Waals surface area (Å²) in [5.41, 5.74) is 0.875. The van der Waals surface area contributed by atoms with Crippen molar-refractivity contribution in [2.75, 3.05) is 32.1 Å². The number of rotatable bonds is 8. The number of methoxy groups -OCH3 is 1. The van der Waals surface area contributed by atoms with E-state index in [1.807, 2.05) is 24.3 Å². The van der Waals surface area contributed by atoms with Crippen molar-refractivity contribution < 1.29 is 9.53 Å². The van der Waals surface area contributed by atoms with Crippen LogP contribution in [0.3, 0.4) is 0 Å². The smallest absolute Gasteiger partial charge is 0.238 e. The van der Waals surface area contributed by atoms with Gasteiger partial charge in [-0.2, -0.15) is 0 Å². The first-order valence-corrected chi connectivity index (χ1v) is 7.26.